The van der Waals surface area contributed by atoms with E-state index >= 15 is 0 Å². The van der Waals surface area contributed by atoms with Crippen LogP contribution >= 0.6 is 0 Å². The van der Waals surface area contributed by atoms with Crippen molar-refractivity contribution in [3.63, 3.8) is 0 Å². The average Bonchev–Trinajstić information content (AvgIpc) is 3.60. The number of hydrogen-bond acceptors (Lipinski definition) is 12. The number of carbonyl (C=O) groups excluding carboxylic acids is 8. The lowest BCUT2D eigenvalue weighted by molar-refractivity contribution is -0.144. The normalized spacial score (nSPS) is 15.5. The zero-order chi connectivity index (χ0) is 53.3. The molecule has 1 heterocycles. The SMILES string of the molecule is CN[C@H](C(=O)NC(C(=O)N(C)[C@H](/C=C(\C)C(=O)N[C@H](CCC(=O)N[C@H](CCC(=O)N[C@H](CCC(=O)NCCN1C(=O)C=CC1=O)C(=O)O)C(=O)O)C(=O)O)C(C)C)C(C)(C)C)C(C)(C)c1ccccc1. The number of amides is 8. The minimum Gasteiger partial charge on any atom is -0.480 e. The number of carboxylic acid groups (broad SMARTS) is 3. The number of benzene rings is 1. The predicted octanol–water partition coefficient (Wildman–Crippen LogP) is 0.602. The summed E-state index contributed by atoms with van der Waals surface area (Å²) in [4.78, 5) is 141. The maximum atomic E-state index is 14.3. The molecule has 9 N–H and O–H groups in total. The molecular weight excluding hydrogens is 913 g/mol. The molecule has 1 aliphatic rings. The Morgan fingerprint density at radius 2 is 1.14 bits per heavy atom. The number of nitrogens with one attached hydrogen (secondary N) is 6. The van der Waals surface area contributed by atoms with Crippen molar-refractivity contribution in [1.29, 1.82) is 0 Å². The Morgan fingerprint density at radius 3 is 1.57 bits per heavy atom. The molecule has 8 amide bonds. The van der Waals surface area contributed by atoms with Gasteiger partial charge in [-0.3, -0.25) is 43.3 Å². The smallest absolute Gasteiger partial charge is 0.326 e. The summed E-state index contributed by atoms with van der Waals surface area (Å²) in [5, 5.41) is 44.5. The fourth-order valence-electron chi connectivity index (χ4n) is 7.61. The van der Waals surface area contributed by atoms with E-state index < -0.39 is 138 Å². The topological polar surface area (TPSA) is 327 Å². The maximum Gasteiger partial charge on any atom is 0.326 e. The van der Waals surface area contributed by atoms with Gasteiger partial charge >= 0.3 is 17.9 Å². The molecule has 22 nitrogen and oxygen atoms in total. The Balaban J connectivity index is 2.03. The first-order chi connectivity index (χ1) is 32.5. The van der Waals surface area contributed by atoms with Crippen LogP contribution in [0.2, 0.25) is 0 Å². The summed E-state index contributed by atoms with van der Waals surface area (Å²) in [5.41, 5.74) is -0.468. The van der Waals surface area contributed by atoms with Gasteiger partial charge in [-0.15, -0.1) is 0 Å². The van der Waals surface area contributed by atoms with Gasteiger partial charge < -0.3 is 52.1 Å². The van der Waals surface area contributed by atoms with Crippen LogP contribution in [0, 0.1) is 11.3 Å². The van der Waals surface area contributed by atoms with Gasteiger partial charge in [-0.05, 0) is 50.1 Å². The largest absolute Gasteiger partial charge is 0.480 e. The van der Waals surface area contributed by atoms with Crippen molar-refractivity contribution in [2.45, 2.75) is 136 Å². The Morgan fingerprint density at radius 1 is 0.686 bits per heavy atom. The number of likely N-dealkylation sites (N-methyl/N-ethyl adjacent to an activating group) is 2. The lowest BCUT2D eigenvalue weighted by atomic mass is 9.76. The van der Waals surface area contributed by atoms with Gasteiger partial charge in [0.05, 0.1) is 12.1 Å². The highest BCUT2D eigenvalue weighted by Crippen LogP contribution is 2.29. The van der Waals surface area contributed by atoms with Gasteiger partial charge in [0, 0.05) is 62.5 Å². The van der Waals surface area contributed by atoms with E-state index in [1.165, 1.54) is 17.9 Å². The molecule has 0 fully saturated rings. The van der Waals surface area contributed by atoms with E-state index in [9.17, 15) is 68.1 Å². The summed E-state index contributed by atoms with van der Waals surface area (Å²) in [6, 6.07) is 2.25. The first kappa shape index (κ1) is 59.2. The van der Waals surface area contributed by atoms with Gasteiger partial charge in [-0.1, -0.05) is 84.9 Å². The Kier molecular flexibility index (Phi) is 22.6. The highest BCUT2D eigenvalue weighted by atomic mass is 16.4. The van der Waals surface area contributed by atoms with Gasteiger partial charge in [0.25, 0.3) is 11.8 Å². The molecule has 0 aliphatic carbocycles. The van der Waals surface area contributed by atoms with Crippen molar-refractivity contribution in [3.8, 4) is 0 Å². The lowest BCUT2D eigenvalue weighted by Gasteiger charge is -2.40. The van der Waals surface area contributed by atoms with Crippen molar-refractivity contribution >= 4 is 65.2 Å². The summed E-state index contributed by atoms with van der Waals surface area (Å²) in [5.74, 6) is -9.95. The van der Waals surface area contributed by atoms with Crippen LogP contribution in [0.3, 0.4) is 0 Å². The molecule has 1 unspecified atom stereocenters. The maximum absolute atomic E-state index is 14.3. The van der Waals surface area contributed by atoms with Crippen LogP contribution in [0.1, 0.15) is 99.5 Å². The fraction of sp³-hybridized carbons (Fsp3) is 0.562. The third-order valence-corrected chi connectivity index (χ3v) is 11.9. The van der Waals surface area contributed by atoms with Crippen LogP contribution in [-0.2, 0) is 58.2 Å². The number of carbonyl (C=O) groups is 11. The van der Waals surface area contributed by atoms with E-state index in [0.29, 0.717) is 0 Å². The zero-order valence-electron chi connectivity index (χ0n) is 41.5. The molecule has 1 aromatic carbocycles. The molecule has 70 heavy (non-hydrogen) atoms. The summed E-state index contributed by atoms with van der Waals surface area (Å²) in [7, 11) is 3.21. The highest BCUT2D eigenvalue weighted by Gasteiger charge is 2.42. The van der Waals surface area contributed by atoms with Crippen LogP contribution in [0.15, 0.2) is 54.1 Å². The molecule has 0 saturated carbocycles. The van der Waals surface area contributed by atoms with E-state index in [2.05, 4.69) is 31.9 Å². The monoisotopic (exact) mass is 983 g/mol. The molecule has 386 valence electrons. The van der Waals surface area contributed by atoms with E-state index in [-0.39, 0.29) is 37.4 Å². The summed E-state index contributed by atoms with van der Waals surface area (Å²) in [6.07, 6.45) is 0.862. The van der Waals surface area contributed by atoms with Crippen LogP contribution in [0.25, 0.3) is 0 Å². The number of hydrogen-bond donors (Lipinski definition) is 9. The van der Waals surface area contributed by atoms with Crippen LogP contribution < -0.4 is 31.9 Å². The van der Waals surface area contributed by atoms with Gasteiger partial charge in [-0.25, -0.2) is 14.4 Å². The predicted molar refractivity (Wildman–Crippen MR) is 254 cm³/mol. The third-order valence-electron chi connectivity index (χ3n) is 11.9. The molecule has 22 heteroatoms. The summed E-state index contributed by atoms with van der Waals surface area (Å²) < 4.78 is 0. The molecule has 0 saturated heterocycles. The summed E-state index contributed by atoms with van der Waals surface area (Å²) in [6.45, 7) is 14.2. The van der Waals surface area contributed by atoms with Crippen molar-refractivity contribution in [3.05, 3.63) is 59.7 Å². The quantitative estimate of drug-likeness (QED) is 0.0410. The van der Waals surface area contributed by atoms with Gasteiger partial charge in [0.15, 0.2) is 0 Å². The van der Waals surface area contributed by atoms with Gasteiger partial charge in [0.2, 0.25) is 35.4 Å². The highest BCUT2D eigenvalue weighted by molar-refractivity contribution is 6.12. The molecule has 0 radical (unpaired) electrons. The molecule has 2 rings (SSSR count). The van der Waals surface area contributed by atoms with Crippen molar-refractivity contribution in [2.75, 3.05) is 27.2 Å². The molecule has 1 aromatic rings. The second kappa shape index (κ2) is 26.7. The van der Waals surface area contributed by atoms with Crippen molar-refractivity contribution in [1.82, 2.24) is 41.7 Å². The van der Waals surface area contributed by atoms with E-state index in [1.54, 1.807) is 14.1 Å². The van der Waals surface area contributed by atoms with Crippen molar-refractivity contribution < 1.29 is 68.1 Å². The Labute approximate surface area is 407 Å². The Bertz CT molecular complexity index is 2150. The Hall–Kier alpha value is -6.97. The number of nitrogens with zero attached hydrogens (tertiary/aromatic N) is 2. The van der Waals surface area contributed by atoms with Crippen LogP contribution in [-0.4, -0.2) is 154 Å². The second-order valence-corrected chi connectivity index (χ2v) is 19.1. The minimum atomic E-state index is -1.65. The molecule has 0 bridgehead atoms. The minimum absolute atomic E-state index is 0.0474. The third kappa shape index (κ3) is 17.8. The van der Waals surface area contributed by atoms with Gasteiger partial charge in [-0.2, -0.15) is 0 Å². The summed E-state index contributed by atoms with van der Waals surface area (Å²) >= 11 is 0. The standard InChI is InChI=1S/C48H70N8O14/c1-27(2)33(55(10)43(64)40(47(4,5)6)54-42(63)39(49-9)48(7,8)29-14-12-11-13-15-29)26-28(3)41(62)53-32(46(69)70)18-21-36(59)52-31(45(67)68)17-20-35(58)51-30(44(65)66)16-19-34(57)50-24-25-56-37(60)22-23-38(56)61/h11-15,22-23,26-27,30-33,39-40,49H,16-21,24-25H2,1-10H3,(H,50,57)(H,51,58)(H,52,59)(H,53,62)(H,54,63)(H,65,66)(H,67,68)(H,69,70)/b28-26+/t30-,31-,32-,33-,39-,40?/m1/s1. The average molecular weight is 983 g/mol. The number of imide groups is 1. The first-order valence-electron chi connectivity index (χ1n) is 22.9. The lowest BCUT2D eigenvalue weighted by Crippen LogP contribution is -2.61. The number of rotatable bonds is 28. The first-order valence-corrected chi connectivity index (χ1v) is 22.9. The number of aliphatic carboxylic acids is 3. The van der Waals surface area contributed by atoms with Gasteiger partial charge in [0.1, 0.15) is 24.2 Å². The molecular formula is C48H70N8O14. The van der Waals surface area contributed by atoms with Crippen LogP contribution in [0.4, 0.5) is 0 Å². The fourth-order valence-corrected chi connectivity index (χ4v) is 7.61. The van der Waals surface area contributed by atoms with Crippen molar-refractivity contribution in [2.24, 2.45) is 11.3 Å². The zero-order valence-corrected chi connectivity index (χ0v) is 41.5. The molecule has 0 spiro atoms. The number of carboxylic acids is 3. The van der Waals surface area contributed by atoms with E-state index in [1.807, 2.05) is 78.8 Å². The molecule has 1 aliphatic heterocycles. The van der Waals surface area contributed by atoms with E-state index in [4.69, 9.17) is 0 Å². The second-order valence-electron chi connectivity index (χ2n) is 19.1. The van der Waals surface area contributed by atoms with E-state index in [0.717, 1.165) is 22.6 Å². The molecule has 6 atom stereocenters. The van der Waals surface area contributed by atoms with Crippen LogP contribution in [0.5, 0.6) is 0 Å². The molecule has 0 aromatic heterocycles.